The van der Waals surface area contributed by atoms with Crippen molar-refractivity contribution in [2.24, 2.45) is 5.41 Å². The maximum Gasteiger partial charge on any atom is 0.237 e. The van der Waals surface area contributed by atoms with Gasteiger partial charge >= 0.3 is 0 Å². The van der Waals surface area contributed by atoms with Crippen molar-refractivity contribution in [1.82, 2.24) is 0 Å². The Kier molecular flexibility index (Phi) is 8.85. The van der Waals surface area contributed by atoms with E-state index in [9.17, 15) is 18.3 Å². The van der Waals surface area contributed by atoms with Crippen LogP contribution in [0.1, 0.15) is 43.0 Å². The smallest absolute Gasteiger partial charge is 0.237 e. The van der Waals surface area contributed by atoms with E-state index in [-0.39, 0.29) is 51.5 Å². The second-order valence-electron chi connectivity index (χ2n) is 12.3. The van der Waals surface area contributed by atoms with Crippen molar-refractivity contribution in [3.63, 3.8) is 0 Å². The number of carbonyl (C=O) groups excluding carboxylic acids is 1. The number of allylic oxidation sites excluding steroid dienone is 1. The molecular weight excluding hydrogens is 624 g/mol. The van der Waals surface area contributed by atoms with Gasteiger partial charge in [0.25, 0.3) is 0 Å². The molecule has 0 aromatic heterocycles. The van der Waals surface area contributed by atoms with Crippen molar-refractivity contribution in [3.05, 3.63) is 130 Å². The van der Waals surface area contributed by atoms with Crippen LogP contribution >= 0.6 is 11.8 Å². The molecule has 2 N–H and O–H groups in total. The van der Waals surface area contributed by atoms with Crippen LogP contribution in [0, 0.1) is 11.2 Å². The number of hydrogen-bond acceptors (Lipinski definition) is 7. The zero-order valence-corrected chi connectivity index (χ0v) is 27.2. The van der Waals surface area contributed by atoms with E-state index < -0.39 is 33.0 Å². The van der Waals surface area contributed by atoms with Gasteiger partial charge in [-0.2, -0.15) is 0 Å². The third kappa shape index (κ3) is 6.64. The molecule has 4 aromatic carbocycles. The number of aromatic hydroxyl groups is 1. The lowest BCUT2D eigenvalue weighted by molar-refractivity contribution is -0.116. The Labute approximate surface area is 273 Å². The highest BCUT2D eigenvalue weighted by molar-refractivity contribution is 7.99. The first-order valence-electron chi connectivity index (χ1n) is 15.0. The van der Waals surface area contributed by atoms with Crippen molar-refractivity contribution < 1.29 is 27.4 Å². The molecule has 7 nitrogen and oxygen atoms in total. The molecule has 2 aliphatic rings. The minimum Gasteiger partial charge on any atom is -0.506 e. The number of nitrogens with one attached hydrogen (secondary N) is 1. The first-order chi connectivity index (χ1) is 22.0. The van der Waals surface area contributed by atoms with Gasteiger partial charge in [-0.3, -0.25) is 9.69 Å². The number of rotatable bonds is 8. The highest BCUT2D eigenvalue weighted by atomic mass is 32.2. The van der Waals surface area contributed by atoms with Crippen LogP contribution in [-0.4, -0.2) is 30.9 Å². The van der Waals surface area contributed by atoms with Crippen LogP contribution in [-0.2, 0) is 27.0 Å². The Morgan fingerprint density at radius 3 is 2.39 bits per heavy atom. The van der Waals surface area contributed by atoms with Crippen molar-refractivity contribution in [1.29, 1.82) is 0 Å². The number of amides is 1. The predicted molar refractivity (Wildman–Crippen MR) is 181 cm³/mol. The summed E-state index contributed by atoms with van der Waals surface area (Å²) in [5.74, 6) is -0.631. The van der Waals surface area contributed by atoms with Gasteiger partial charge in [-0.25, -0.2) is 12.8 Å². The number of hydrogen-bond donors (Lipinski definition) is 2. The molecule has 10 heteroatoms. The number of benzene rings is 4. The van der Waals surface area contributed by atoms with E-state index in [0.29, 0.717) is 17.9 Å². The summed E-state index contributed by atoms with van der Waals surface area (Å²) in [6.07, 6.45) is 0.316. The number of phenols is 1. The molecule has 1 amide bonds. The predicted octanol–water partition coefficient (Wildman–Crippen LogP) is 7.60. The van der Waals surface area contributed by atoms with E-state index >= 15 is 4.39 Å². The Bertz CT molecular complexity index is 1900. The maximum atomic E-state index is 16.3. The number of halogens is 1. The fraction of sp³-hybridized carbons (Fsp3) is 0.250. The summed E-state index contributed by atoms with van der Waals surface area (Å²) in [6.45, 7) is 3.93. The minimum atomic E-state index is -4.01. The topological polar surface area (TPSA) is 95.9 Å². The van der Waals surface area contributed by atoms with Crippen LogP contribution in [0.4, 0.5) is 15.8 Å². The lowest BCUT2D eigenvalue weighted by Crippen LogP contribution is -2.42. The number of ether oxygens (including phenoxy) is 1. The third-order valence-electron chi connectivity index (χ3n) is 8.05. The van der Waals surface area contributed by atoms with Crippen LogP contribution in [0.3, 0.4) is 0 Å². The number of phenolic OH excluding ortho intramolecular Hbond substituents is 1. The van der Waals surface area contributed by atoms with Crippen LogP contribution in [0.15, 0.2) is 108 Å². The van der Waals surface area contributed by atoms with Crippen molar-refractivity contribution in [2.75, 3.05) is 21.7 Å². The molecule has 0 fully saturated rings. The summed E-state index contributed by atoms with van der Waals surface area (Å²) >= 11 is 1.38. The average Bonchev–Trinajstić information content (AvgIpc) is 3.16. The Morgan fingerprint density at radius 1 is 1.00 bits per heavy atom. The van der Waals surface area contributed by atoms with Crippen LogP contribution in [0.2, 0.25) is 0 Å². The van der Waals surface area contributed by atoms with Gasteiger partial charge in [-0.1, -0.05) is 80.6 Å². The second-order valence-corrected chi connectivity index (χ2v) is 15.3. The van der Waals surface area contributed by atoms with Crippen molar-refractivity contribution in [3.8, 4) is 11.5 Å². The molecule has 1 unspecified atom stereocenters. The molecule has 2 aliphatic heterocycles. The fourth-order valence-corrected chi connectivity index (χ4v) is 9.32. The fourth-order valence-electron chi connectivity index (χ4n) is 6.12. The lowest BCUT2D eigenvalue weighted by Gasteiger charge is -2.37. The molecule has 238 valence electrons. The SMILES string of the molecule is CC1(C)CC2=C(C(c3ccc(OCc4ccccc4)cc3F)N(C(=O)CSCc3ccccc3)c3cccc(O)c3N2)S(=O)(=O)C1. The standard InChI is InChI=1S/C36H35FN2O5S2/c1-36(2)19-29-35(46(42,43)23-36)34(27-17-16-26(18-28(27)37)44-20-24-10-5-3-6-11-24)39(30-14-9-15-31(40)33(30)38-29)32(41)22-45-21-25-12-7-4-8-13-25/h3-18,34,38,40H,19-23H2,1-2H3. The number of anilines is 2. The number of fused-ring (bicyclic) bond motifs is 1. The molecule has 46 heavy (non-hydrogen) atoms. The zero-order chi connectivity index (χ0) is 32.5. The number of thioether (sulfide) groups is 1. The minimum absolute atomic E-state index is 0.00542. The van der Waals surface area contributed by atoms with Gasteiger partial charge in [-0.15, -0.1) is 11.8 Å². The molecule has 0 bridgehead atoms. The van der Waals surface area contributed by atoms with Gasteiger partial charge in [0.1, 0.15) is 35.7 Å². The van der Waals surface area contributed by atoms with Gasteiger partial charge in [0.05, 0.1) is 22.1 Å². The summed E-state index contributed by atoms with van der Waals surface area (Å²) in [6, 6.07) is 26.9. The monoisotopic (exact) mass is 658 g/mol. The van der Waals surface area contributed by atoms with E-state index in [2.05, 4.69) is 5.32 Å². The summed E-state index contributed by atoms with van der Waals surface area (Å²) < 4.78 is 50.5. The second kappa shape index (κ2) is 12.8. The highest BCUT2D eigenvalue weighted by Crippen LogP contribution is 2.51. The number of carbonyl (C=O) groups is 1. The average molecular weight is 659 g/mol. The van der Waals surface area contributed by atoms with Gasteiger partial charge in [-0.05, 0) is 47.2 Å². The summed E-state index contributed by atoms with van der Waals surface area (Å²) in [7, 11) is -4.01. The molecular formula is C36H35FN2O5S2. The van der Waals surface area contributed by atoms with Gasteiger partial charge in [0.2, 0.25) is 5.91 Å². The summed E-state index contributed by atoms with van der Waals surface area (Å²) in [5.41, 5.74) is 2.12. The first kappa shape index (κ1) is 31.7. The molecule has 1 atom stereocenters. The molecule has 4 aromatic rings. The van der Waals surface area contributed by atoms with Gasteiger partial charge < -0.3 is 15.2 Å². The normalized spacial score (nSPS) is 18.2. The lowest BCUT2D eigenvalue weighted by atomic mass is 9.88. The van der Waals surface area contributed by atoms with E-state index in [1.165, 1.54) is 34.9 Å². The van der Waals surface area contributed by atoms with Gasteiger partial charge in [0.15, 0.2) is 9.84 Å². The van der Waals surface area contributed by atoms with Crippen molar-refractivity contribution in [2.45, 2.75) is 38.7 Å². The Balaban J connectivity index is 1.45. The molecule has 0 aliphatic carbocycles. The number of para-hydroxylation sites is 1. The Hall–Kier alpha value is -4.28. The first-order valence-corrected chi connectivity index (χ1v) is 17.8. The summed E-state index contributed by atoms with van der Waals surface area (Å²) in [4.78, 5) is 15.5. The van der Waals surface area contributed by atoms with Crippen LogP contribution in [0.5, 0.6) is 11.5 Å². The van der Waals surface area contributed by atoms with Crippen molar-refractivity contribution >= 4 is 38.9 Å². The quantitative estimate of drug-likeness (QED) is 0.188. The number of sulfone groups is 1. The van der Waals surface area contributed by atoms with E-state index in [0.717, 1.165) is 11.1 Å². The molecule has 2 heterocycles. The van der Waals surface area contributed by atoms with Crippen LogP contribution in [0.25, 0.3) is 0 Å². The molecule has 0 saturated heterocycles. The van der Waals surface area contributed by atoms with Crippen LogP contribution < -0.4 is 15.0 Å². The maximum absolute atomic E-state index is 16.3. The molecule has 0 radical (unpaired) electrons. The molecule has 6 rings (SSSR count). The Morgan fingerprint density at radius 2 is 1.70 bits per heavy atom. The molecule has 0 spiro atoms. The zero-order valence-electron chi connectivity index (χ0n) is 25.6. The van der Waals surface area contributed by atoms with Gasteiger partial charge in [0, 0.05) is 23.1 Å². The van der Waals surface area contributed by atoms with E-state index in [4.69, 9.17) is 4.74 Å². The van der Waals surface area contributed by atoms with E-state index in [1.54, 1.807) is 18.2 Å². The molecule has 0 saturated carbocycles. The van der Waals surface area contributed by atoms with E-state index in [1.807, 2.05) is 74.5 Å². The highest BCUT2D eigenvalue weighted by Gasteiger charge is 2.47. The largest absolute Gasteiger partial charge is 0.506 e. The summed E-state index contributed by atoms with van der Waals surface area (Å²) in [5, 5.41) is 14.2. The number of nitrogens with zero attached hydrogens (tertiary/aromatic N) is 1. The third-order valence-corrected chi connectivity index (χ3v) is 11.3.